The van der Waals surface area contributed by atoms with Gasteiger partial charge in [0.15, 0.2) is 12.2 Å². The van der Waals surface area contributed by atoms with Crippen LogP contribution in [0.4, 0.5) is 0 Å². The van der Waals surface area contributed by atoms with Crippen molar-refractivity contribution >= 4 is 39.5 Å². The topological polar surface area (TPSA) is 237 Å². The lowest BCUT2D eigenvalue weighted by atomic mass is 10.0. The minimum Gasteiger partial charge on any atom is -0.462 e. The molecule has 19 heteroatoms. The summed E-state index contributed by atoms with van der Waals surface area (Å²) >= 11 is 0. The third-order valence-electron chi connectivity index (χ3n) is 17.8. The van der Waals surface area contributed by atoms with E-state index < -0.39 is 97.5 Å². The summed E-state index contributed by atoms with van der Waals surface area (Å²) in [6, 6.07) is 0. The number of phosphoric acid groups is 2. The van der Waals surface area contributed by atoms with E-state index in [4.69, 9.17) is 37.0 Å². The highest BCUT2D eigenvalue weighted by atomic mass is 31.2. The molecule has 0 saturated carbocycles. The molecule has 0 spiro atoms. The number of carbonyl (C=O) groups is 4. The van der Waals surface area contributed by atoms with Crippen LogP contribution >= 0.6 is 15.6 Å². The average molecular weight is 1410 g/mol. The molecule has 0 aromatic rings. The first-order chi connectivity index (χ1) is 46.1. The van der Waals surface area contributed by atoms with E-state index in [9.17, 15) is 43.2 Å². The summed E-state index contributed by atoms with van der Waals surface area (Å²) in [4.78, 5) is 72.9. The summed E-state index contributed by atoms with van der Waals surface area (Å²) < 4.78 is 68.6. The van der Waals surface area contributed by atoms with Gasteiger partial charge in [0.2, 0.25) is 0 Å². The van der Waals surface area contributed by atoms with Crippen LogP contribution in [0, 0.1) is 23.7 Å². The monoisotopic (exact) mass is 1410 g/mol. The van der Waals surface area contributed by atoms with Gasteiger partial charge in [-0.25, -0.2) is 9.13 Å². The number of phosphoric ester groups is 2. The highest BCUT2D eigenvalue weighted by molar-refractivity contribution is 7.47. The van der Waals surface area contributed by atoms with Crippen LogP contribution in [0.1, 0.15) is 389 Å². The molecular formula is C77H150O17P2. The molecule has 0 heterocycles. The number of unbranched alkanes of at least 4 members (excludes halogenated alkanes) is 40. The Morgan fingerprint density at radius 2 is 0.438 bits per heavy atom. The molecule has 0 aliphatic carbocycles. The molecule has 0 aliphatic heterocycles. The van der Waals surface area contributed by atoms with Crippen molar-refractivity contribution in [3.8, 4) is 0 Å². The zero-order valence-electron chi connectivity index (χ0n) is 63.0. The van der Waals surface area contributed by atoms with Gasteiger partial charge in [0.25, 0.3) is 0 Å². The minimum absolute atomic E-state index is 0.106. The van der Waals surface area contributed by atoms with E-state index in [0.29, 0.717) is 31.6 Å². The van der Waals surface area contributed by atoms with Crippen LogP contribution in [0.5, 0.6) is 0 Å². The Labute approximate surface area is 588 Å². The largest absolute Gasteiger partial charge is 0.472 e. The fraction of sp³-hybridized carbons (Fsp3) is 0.948. The van der Waals surface area contributed by atoms with Crippen LogP contribution in [0.25, 0.3) is 0 Å². The first-order valence-electron chi connectivity index (χ1n) is 39.7. The van der Waals surface area contributed by atoms with Crippen molar-refractivity contribution in [1.29, 1.82) is 0 Å². The molecular weight excluding hydrogens is 1260 g/mol. The molecule has 0 amide bonds. The smallest absolute Gasteiger partial charge is 0.462 e. The summed E-state index contributed by atoms with van der Waals surface area (Å²) in [5.41, 5.74) is 0. The molecule has 5 atom stereocenters. The maximum atomic E-state index is 13.1. The van der Waals surface area contributed by atoms with Gasteiger partial charge in [-0.05, 0) is 49.4 Å². The number of hydrogen-bond donors (Lipinski definition) is 3. The lowest BCUT2D eigenvalue weighted by molar-refractivity contribution is -0.161. The van der Waals surface area contributed by atoms with Crippen LogP contribution in [-0.2, 0) is 65.4 Å². The number of hydrogen-bond acceptors (Lipinski definition) is 15. The second-order valence-electron chi connectivity index (χ2n) is 29.7. The predicted octanol–water partition coefficient (Wildman–Crippen LogP) is 22.4. The van der Waals surface area contributed by atoms with Crippen molar-refractivity contribution in [3.05, 3.63) is 0 Å². The number of esters is 4. The number of aliphatic hydroxyl groups excluding tert-OH is 1. The predicted molar refractivity (Wildman–Crippen MR) is 391 cm³/mol. The second-order valence-corrected chi connectivity index (χ2v) is 32.6. The summed E-state index contributed by atoms with van der Waals surface area (Å²) in [5.74, 6) is 0.931. The normalized spacial score (nSPS) is 14.1. The Bertz CT molecular complexity index is 1880. The summed E-state index contributed by atoms with van der Waals surface area (Å²) in [6.45, 7) is 14.2. The Balaban J connectivity index is 5.26. The second kappa shape index (κ2) is 66.3. The zero-order valence-corrected chi connectivity index (χ0v) is 64.8. The Morgan fingerprint density at radius 1 is 0.260 bits per heavy atom. The van der Waals surface area contributed by atoms with Crippen LogP contribution in [0.2, 0.25) is 0 Å². The SMILES string of the molecule is CC(C)CCCCCCCCCCCCCCCC(=O)O[C@H](COC(=O)CCCCCCCCCCCCCCC(C)C)COP(=O)(O)OCC(O)COP(=O)(O)OC[C@@H](COC(=O)CCCCCCCCCC(C)C)OC(=O)CCCCCCCCCCCCCCC(C)C. The molecule has 0 aromatic carbocycles. The fourth-order valence-electron chi connectivity index (χ4n) is 11.7. The van der Waals surface area contributed by atoms with Gasteiger partial charge in [0.1, 0.15) is 19.3 Å². The first kappa shape index (κ1) is 94.1. The van der Waals surface area contributed by atoms with Crippen molar-refractivity contribution in [2.45, 2.75) is 408 Å². The molecule has 0 aromatic heterocycles. The number of ether oxygens (including phenoxy) is 4. The quantitative estimate of drug-likeness (QED) is 0.0222. The zero-order chi connectivity index (χ0) is 71.0. The molecule has 0 bridgehead atoms. The maximum Gasteiger partial charge on any atom is 0.472 e. The van der Waals surface area contributed by atoms with E-state index in [1.807, 2.05) is 0 Å². The van der Waals surface area contributed by atoms with Crippen LogP contribution in [0.3, 0.4) is 0 Å². The highest BCUT2D eigenvalue weighted by Gasteiger charge is 2.30. The van der Waals surface area contributed by atoms with Gasteiger partial charge in [0.05, 0.1) is 26.4 Å². The number of rotatable bonds is 74. The van der Waals surface area contributed by atoms with E-state index in [0.717, 1.165) is 114 Å². The third-order valence-corrected chi connectivity index (χ3v) is 19.7. The fourth-order valence-corrected chi connectivity index (χ4v) is 13.3. The van der Waals surface area contributed by atoms with Crippen LogP contribution in [-0.4, -0.2) is 96.7 Å². The molecule has 17 nitrogen and oxygen atoms in total. The van der Waals surface area contributed by atoms with Gasteiger partial charge in [-0.1, -0.05) is 338 Å². The van der Waals surface area contributed by atoms with E-state index in [-0.39, 0.29) is 25.7 Å². The number of carbonyl (C=O) groups excluding carboxylic acids is 4. The van der Waals surface area contributed by atoms with Crippen molar-refractivity contribution < 1.29 is 80.2 Å². The van der Waals surface area contributed by atoms with Crippen molar-refractivity contribution in [3.63, 3.8) is 0 Å². The minimum atomic E-state index is -4.96. The van der Waals surface area contributed by atoms with Gasteiger partial charge in [0, 0.05) is 25.7 Å². The molecule has 96 heavy (non-hydrogen) atoms. The average Bonchev–Trinajstić information content (AvgIpc) is 1.30. The van der Waals surface area contributed by atoms with Gasteiger partial charge < -0.3 is 33.8 Å². The lowest BCUT2D eigenvalue weighted by Gasteiger charge is -2.21. The van der Waals surface area contributed by atoms with Crippen molar-refractivity contribution in [2.24, 2.45) is 23.7 Å². The summed E-state index contributed by atoms with van der Waals surface area (Å²) in [7, 11) is -9.92. The molecule has 0 saturated heterocycles. The van der Waals surface area contributed by atoms with E-state index in [2.05, 4.69) is 55.4 Å². The molecule has 0 fully saturated rings. The molecule has 570 valence electrons. The van der Waals surface area contributed by atoms with Crippen LogP contribution < -0.4 is 0 Å². The Hall–Kier alpha value is -1.94. The Morgan fingerprint density at radius 3 is 0.646 bits per heavy atom. The van der Waals surface area contributed by atoms with Gasteiger partial charge in [-0.15, -0.1) is 0 Å². The van der Waals surface area contributed by atoms with Gasteiger partial charge in [-0.3, -0.25) is 37.3 Å². The summed E-state index contributed by atoms with van der Waals surface area (Å²) in [6.07, 6.45) is 51.3. The summed E-state index contributed by atoms with van der Waals surface area (Å²) in [5, 5.41) is 10.6. The van der Waals surface area contributed by atoms with Gasteiger partial charge >= 0.3 is 39.5 Å². The van der Waals surface area contributed by atoms with Gasteiger partial charge in [-0.2, -0.15) is 0 Å². The molecule has 0 aliphatic rings. The van der Waals surface area contributed by atoms with Crippen molar-refractivity contribution in [2.75, 3.05) is 39.6 Å². The third kappa shape index (κ3) is 70.5. The Kier molecular flexibility index (Phi) is 65.0. The maximum absolute atomic E-state index is 13.1. The van der Waals surface area contributed by atoms with E-state index in [1.54, 1.807) is 0 Å². The van der Waals surface area contributed by atoms with E-state index in [1.165, 1.54) is 186 Å². The van der Waals surface area contributed by atoms with Crippen molar-refractivity contribution in [1.82, 2.24) is 0 Å². The number of aliphatic hydroxyl groups is 1. The highest BCUT2D eigenvalue weighted by Crippen LogP contribution is 2.45. The molecule has 0 rings (SSSR count). The molecule has 0 radical (unpaired) electrons. The van der Waals surface area contributed by atoms with Crippen LogP contribution in [0.15, 0.2) is 0 Å². The standard InChI is InChI=1S/C77H150O17P2/c1-67(2)53-45-37-29-22-16-10-9-11-20-26-34-43-51-59-76(81)93-72(63-87-74(79)57-49-41-33-25-19-14-12-17-23-30-38-46-54-68(3)4)65-91-95(83,84)89-61-71(78)62-90-96(85,86)92-66-73(64-88-75(80)58-50-42-36-28-32-40-48-56-70(7)8)94-77(82)60-52-44-35-27-21-15-13-18-24-31-39-47-55-69(5)6/h67-73,78H,9-66H2,1-8H3,(H,83,84)(H,85,86)/t71?,72-,73-/m1/s1. The first-order valence-corrected chi connectivity index (χ1v) is 42.7. The molecule has 3 N–H and O–H groups in total. The molecule has 3 unspecified atom stereocenters. The van der Waals surface area contributed by atoms with E-state index >= 15 is 0 Å². The lowest BCUT2D eigenvalue weighted by Crippen LogP contribution is -2.30.